The maximum absolute atomic E-state index is 12.1. The van der Waals surface area contributed by atoms with Crippen LogP contribution in [0.5, 0.6) is 0 Å². The summed E-state index contributed by atoms with van der Waals surface area (Å²) in [6.45, 7) is 0. The first-order chi connectivity index (χ1) is 14.1. The van der Waals surface area contributed by atoms with Crippen LogP contribution in [0.25, 0.3) is 11.1 Å². The third-order valence-electron chi connectivity index (χ3n) is 4.10. The monoisotopic (exact) mass is 399 g/mol. The molecule has 0 aliphatic heterocycles. The topological polar surface area (TPSA) is 116 Å². The van der Waals surface area contributed by atoms with Gasteiger partial charge in [-0.3, -0.25) is 4.79 Å². The van der Waals surface area contributed by atoms with E-state index in [2.05, 4.69) is 22.4 Å². The average Bonchev–Trinajstić information content (AvgIpc) is 2.74. The van der Waals surface area contributed by atoms with Gasteiger partial charge in [-0.1, -0.05) is 48.5 Å². The zero-order chi connectivity index (χ0) is 20.6. The predicted molar refractivity (Wildman–Crippen MR) is 114 cm³/mol. The number of para-hydroxylation sites is 1. The number of nitrogens with two attached hydrogens (primary N) is 1. The number of amides is 1. The van der Waals surface area contributed by atoms with E-state index in [1.54, 1.807) is 0 Å². The molecule has 0 spiro atoms. The molecule has 3 aromatic rings. The fraction of sp³-hybridized carbons (Fsp3) is 0.0909. The Kier molecular flexibility index (Phi) is 6.47. The molecule has 3 N–H and O–H groups in total. The summed E-state index contributed by atoms with van der Waals surface area (Å²) in [7, 11) is 0. The number of nitrogens with zero attached hydrogens (tertiary/aromatic N) is 3. The van der Waals surface area contributed by atoms with E-state index in [9.17, 15) is 15.3 Å². The first-order valence-corrected chi connectivity index (χ1v) is 9.79. The summed E-state index contributed by atoms with van der Waals surface area (Å²) in [5.74, 6) is 0.355. The molecule has 0 saturated heterocycles. The minimum atomic E-state index is -0.132. The molecule has 29 heavy (non-hydrogen) atoms. The van der Waals surface area contributed by atoms with E-state index in [1.807, 2.05) is 60.7 Å². The molecule has 0 saturated carbocycles. The van der Waals surface area contributed by atoms with Gasteiger partial charge in [0.05, 0.1) is 5.56 Å². The Hall–Kier alpha value is -3.81. The number of benzene rings is 2. The molecule has 0 aliphatic carbocycles. The zero-order valence-electron chi connectivity index (χ0n) is 15.4. The minimum Gasteiger partial charge on any atom is -0.383 e. The van der Waals surface area contributed by atoms with Gasteiger partial charge < -0.3 is 11.1 Å². The number of carbonyl (C=O) groups is 1. The highest BCUT2D eigenvalue weighted by Crippen LogP contribution is 2.35. The molecule has 1 heterocycles. The van der Waals surface area contributed by atoms with Gasteiger partial charge >= 0.3 is 0 Å². The number of hydrogen-bond donors (Lipinski definition) is 2. The predicted octanol–water partition coefficient (Wildman–Crippen LogP) is 4.20. The molecule has 6 nitrogen and oxygen atoms in total. The largest absolute Gasteiger partial charge is 0.383 e. The molecule has 1 amide bonds. The molecule has 0 atom stereocenters. The molecule has 0 bridgehead atoms. The number of nitrogens with one attached hydrogen (secondary N) is 1. The van der Waals surface area contributed by atoms with Gasteiger partial charge in [0.1, 0.15) is 28.5 Å². The van der Waals surface area contributed by atoms with Crippen LogP contribution in [0.3, 0.4) is 0 Å². The van der Waals surface area contributed by atoms with Crippen molar-refractivity contribution in [2.24, 2.45) is 0 Å². The quantitative estimate of drug-likeness (QED) is 0.600. The number of nitriles is 2. The van der Waals surface area contributed by atoms with Crippen LogP contribution in [0, 0.1) is 22.7 Å². The number of pyridine rings is 1. The smallest absolute Gasteiger partial charge is 0.225 e. The molecule has 2 aromatic carbocycles. The summed E-state index contributed by atoms with van der Waals surface area (Å²) in [5.41, 5.74) is 8.38. The normalized spacial score (nSPS) is 10.0. The molecule has 0 fully saturated rings. The van der Waals surface area contributed by atoms with E-state index in [0.29, 0.717) is 16.3 Å². The third kappa shape index (κ3) is 4.73. The van der Waals surface area contributed by atoms with Crippen molar-refractivity contribution >= 4 is 29.2 Å². The van der Waals surface area contributed by atoms with Gasteiger partial charge in [0, 0.05) is 23.4 Å². The highest BCUT2D eigenvalue weighted by molar-refractivity contribution is 7.99. The molecule has 7 heteroatoms. The Balaban J connectivity index is 1.81. The molecule has 3 rings (SSSR count). The third-order valence-corrected chi connectivity index (χ3v) is 5.08. The molecule has 1 aromatic heterocycles. The summed E-state index contributed by atoms with van der Waals surface area (Å²) in [6, 6.07) is 22.5. The van der Waals surface area contributed by atoms with Crippen molar-refractivity contribution in [1.82, 2.24) is 4.98 Å². The maximum atomic E-state index is 12.1. The van der Waals surface area contributed by atoms with Crippen molar-refractivity contribution in [3.05, 3.63) is 71.8 Å². The van der Waals surface area contributed by atoms with Crippen LogP contribution in [-0.2, 0) is 4.79 Å². The fourth-order valence-electron chi connectivity index (χ4n) is 2.78. The number of thioether (sulfide) groups is 1. The number of rotatable bonds is 6. The van der Waals surface area contributed by atoms with Gasteiger partial charge in [-0.25, -0.2) is 4.98 Å². The van der Waals surface area contributed by atoms with Gasteiger partial charge in [-0.2, -0.15) is 10.5 Å². The summed E-state index contributed by atoms with van der Waals surface area (Å²) in [5, 5.41) is 22.5. The Bertz CT molecular complexity index is 1100. The second-order valence-electron chi connectivity index (χ2n) is 6.03. The Morgan fingerprint density at radius 3 is 2.24 bits per heavy atom. The number of nitrogen functional groups attached to an aromatic ring is 1. The SMILES string of the molecule is N#Cc1c(N)nc(SCCC(=O)Nc2ccccc2)c(C#N)c1-c1ccccc1. The van der Waals surface area contributed by atoms with Gasteiger partial charge in [-0.15, -0.1) is 11.8 Å². The Morgan fingerprint density at radius 2 is 1.62 bits per heavy atom. The van der Waals surface area contributed by atoms with Gasteiger partial charge in [0.15, 0.2) is 0 Å². The molecule has 0 unspecified atom stereocenters. The second kappa shape index (κ2) is 9.41. The van der Waals surface area contributed by atoms with Crippen LogP contribution in [0.15, 0.2) is 65.7 Å². The first-order valence-electron chi connectivity index (χ1n) is 8.80. The fourth-order valence-corrected chi connectivity index (χ4v) is 3.72. The van der Waals surface area contributed by atoms with E-state index < -0.39 is 0 Å². The van der Waals surface area contributed by atoms with Crippen LogP contribution < -0.4 is 11.1 Å². The van der Waals surface area contributed by atoms with Crippen LogP contribution in [0.1, 0.15) is 17.5 Å². The van der Waals surface area contributed by atoms with Gasteiger partial charge in [0.25, 0.3) is 0 Å². The maximum Gasteiger partial charge on any atom is 0.225 e. The van der Waals surface area contributed by atoms with Crippen molar-refractivity contribution < 1.29 is 4.79 Å². The lowest BCUT2D eigenvalue weighted by molar-refractivity contribution is -0.115. The number of aromatic nitrogens is 1. The lowest BCUT2D eigenvalue weighted by atomic mass is 9.97. The first kappa shape index (κ1) is 19.9. The van der Waals surface area contributed by atoms with Crippen LogP contribution in [0.4, 0.5) is 11.5 Å². The number of hydrogen-bond acceptors (Lipinski definition) is 6. The second-order valence-corrected chi connectivity index (χ2v) is 7.11. The number of carbonyl (C=O) groups excluding carboxylic acids is 1. The highest BCUT2D eigenvalue weighted by atomic mass is 32.2. The molecule has 142 valence electrons. The van der Waals surface area contributed by atoms with Crippen molar-refractivity contribution in [1.29, 1.82) is 10.5 Å². The molecular formula is C22H17N5OS. The van der Waals surface area contributed by atoms with Crippen molar-refractivity contribution in [2.75, 3.05) is 16.8 Å². The summed E-state index contributed by atoms with van der Waals surface area (Å²) < 4.78 is 0. The average molecular weight is 399 g/mol. The van der Waals surface area contributed by atoms with Crippen molar-refractivity contribution in [3.8, 4) is 23.3 Å². The van der Waals surface area contributed by atoms with E-state index in [-0.39, 0.29) is 29.3 Å². The van der Waals surface area contributed by atoms with Crippen molar-refractivity contribution in [3.63, 3.8) is 0 Å². The van der Waals surface area contributed by atoms with E-state index in [4.69, 9.17) is 5.73 Å². The molecule has 0 aliphatic rings. The molecule has 0 radical (unpaired) electrons. The van der Waals surface area contributed by atoms with Crippen LogP contribution >= 0.6 is 11.8 Å². The van der Waals surface area contributed by atoms with E-state index >= 15 is 0 Å². The summed E-state index contributed by atoms with van der Waals surface area (Å²) in [4.78, 5) is 16.4. The number of anilines is 2. The molecular weight excluding hydrogens is 382 g/mol. The minimum absolute atomic E-state index is 0.0709. The lowest BCUT2D eigenvalue weighted by Gasteiger charge is -2.13. The van der Waals surface area contributed by atoms with E-state index in [1.165, 1.54) is 11.8 Å². The standard InChI is InChI=1S/C22H17N5OS/c23-13-17-20(15-7-3-1-4-8-15)18(14-24)22(27-21(17)25)29-12-11-19(28)26-16-9-5-2-6-10-16/h1-10H,11-12H2,(H2,25,27)(H,26,28). The zero-order valence-corrected chi connectivity index (χ0v) is 16.2. The van der Waals surface area contributed by atoms with Gasteiger partial charge in [-0.05, 0) is 17.7 Å². The van der Waals surface area contributed by atoms with E-state index in [0.717, 1.165) is 11.3 Å². The Morgan fingerprint density at radius 1 is 1.00 bits per heavy atom. The Labute approximate surface area is 173 Å². The van der Waals surface area contributed by atoms with Gasteiger partial charge in [0.2, 0.25) is 5.91 Å². The summed E-state index contributed by atoms with van der Waals surface area (Å²) >= 11 is 1.27. The van der Waals surface area contributed by atoms with Crippen molar-refractivity contribution in [2.45, 2.75) is 11.4 Å². The lowest BCUT2D eigenvalue weighted by Crippen LogP contribution is -2.12. The van der Waals surface area contributed by atoms with Crippen LogP contribution in [0.2, 0.25) is 0 Å². The highest BCUT2D eigenvalue weighted by Gasteiger charge is 2.20. The summed E-state index contributed by atoms with van der Waals surface area (Å²) in [6.07, 6.45) is 0.243. The van der Waals surface area contributed by atoms with Crippen LogP contribution in [-0.4, -0.2) is 16.6 Å².